The molecule has 0 saturated carbocycles. The van der Waals surface area contributed by atoms with Crippen LogP contribution in [0.3, 0.4) is 0 Å². The molecule has 0 bridgehead atoms. The van der Waals surface area contributed by atoms with Crippen molar-refractivity contribution in [2.75, 3.05) is 0 Å². The minimum absolute atomic E-state index is 0. The minimum atomic E-state index is 0. The van der Waals surface area contributed by atoms with Crippen molar-refractivity contribution in [3.63, 3.8) is 0 Å². The molecule has 1 heterocycles. The predicted octanol–water partition coefficient (Wildman–Crippen LogP) is 2.09. The van der Waals surface area contributed by atoms with Gasteiger partial charge in [-0.2, -0.15) is 0 Å². The molecule has 0 aliphatic carbocycles. The van der Waals surface area contributed by atoms with Gasteiger partial charge >= 0.3 is 0 Å². The van der Waals surface area contributed by atoms with Gasteiger partial charge in [-0.25, -0.2) is 0 Å². The fraction of sp³-hybridized carbons (Fsp3) is 0.857. The topological polar surface area (TPSA) is 31.2 Å². The van der Waals surface area contributed by atoms with Gasteiger partial charge in [0, 0.05) is 32.7 Å². The Morgan fingerprint density at radius 1 is 1.50 bits per heavy atom. The Morgan fingerprint density at radius 3 is 2.10 bits per heavy atom. The van der Waals surface area contributed by atoms with Crippen LogP contribution in [0.25, 0.3) is 5.32 Å². The summed E-state index contributed by atoms with van der Waals surface area (Å²) in [6.07, 6.45) is 1.62. The van der Waals surface area contributed by atoms with Gasteiger partial charge in [-0.15, -0.1) is 6.04 Å². The molecule has 1 rings (SSSR count). The molecule has 1 atom stereocenters. The Balaban J connectivity index is 0. The molecule has 1 amide bonds. The van der Waals surface area contributed by atoms with Crippen LogP contribution in [-0.4, -0.2) is 11.9 Å². The molecule has 0 N–H and O–H groups in total. The van der Waals surface area contributed by atoms with Crippen molar-refractivity contribution in [2.45, 2.75) is 39.7 Å². The average molecular weight is 217 g/mol. The molecule has 3 heteroatoms. The molecule has 0 aromatic carbocycles. The van der Waals surface area contributed by atoms with Crippen LogP contribution in [0.1, 0.15) is 33.6 Å². The van der Waals surface area contributed by atoms with E-state index in [0.717, 1.165) is 6.42 Å². The number of hydrogen-bond donors (Lipinski definition) is 0. The maximum Gasteiger partial charge on any atom is 0.0512 e. The molecule has 0 spiro atoms. The molecular formula is C7H14NOY-. The summed E-state index contributed by atoms with van der Waals surface area (Å²) in [5.41, 5.74) is 0. The second kappa shape index (κ2) is 7.68. The first-order valence-corrected chi connectivity index (χ1v) is 3.53. The van der Waals surface area contributed by atoms with Gasteiger partial charge in [0.2, 0.25) is 0 Å². The molecule has 1 saturated heterocycles. The van der Waals surface area contributed by atoms with E-state index in [2.05, 4.69) is 5.32 Å². The molecule has 1 unspecified atom stereocenters. The zero-order valence-electron chi connectivity index (χ0n) is 6.92. The van der Waals surface area contributed by atoms with E-state index in [9.17, 15) is 4.79 Å². The number of rotatable bonds is 0. The maximum absolute atomic E-state index is 10.3. The number of carbonyl (C=O) groups excluding carboxylic acids is 1. The monoisotopic (exact) mass is 217 g/mol. The Kier molecular flexibility index (Phi) is 10.1. The summed E-state index contributed by atoms with van der Waals surface area (Å²) < 4.78 is 0. The molecule has 1 fully saturated rings. The Hall–Kier alpha value is 0.574. The molecule has 1 aliphatic rings. The predicted molar refractivity (Wildman–Crippen MR) is 38.4 cm³/mol. The van der Waals surface area contributed by atoms with Crippen LogP contribution in [0, 0.1) is 0 Å². The molecule has 1 radical (unpaired) electrons. The van der Waals surface area contributed by atoms with Crippen molar-refractivity contribution in [1.82, 2.24) is 0 Å². The number of hydrogen-bond acceptors (Lipinski definition) is 1. The van der Waals surface area contributed by atoms with E-state index in [-0.39, 0.29) is 38.6 Å². The standard InChI is InChI=1S/C5H9NO.C2H6.Y/c1-4-2-3-5(7)6-4;1-2;/h4H,2-3H2,1H3,(H,6,7);1-2H3;/p-1. The van der Waals surface area contributed by atoms with Crippen molar-refractivity contribution >= 4 is 5.91 Å². The van der Waals surface area contributed by atoms with Gasteiger partial charge in [-0.3, -0.25) is 0 Å². The summed E-state index contributed by atoms with van der Waals surface area (Å²) in [4.78, 5) is 10.3. The van der Waals surface area contributed by atoms with Gasteiger partial charge in [0.15, 0.2) is 0 Å². The first kappa shape index (κ1) is 13.2. The summed E-state index contributed by atoms with van der Waals surface area (Å²) >= 11 is 0. The molecule has 1 aliphatic heterocycles. The minimum Gasteiger partial charge on any atom is -0.651 e. The van der Waals surface area contributed by atoms with E-state index in [1.807, 2.05) is 20.8 Å². The summed E-state index contributed by atoms with van der Waals surface area (Å²) in [5.74, 6) is 0.0764. The van der Waals surface area contributed by atoms with Crippen LogP contribution in [0.5, 0.6) is 0 Å². The van der Waals surface area contributed by atoms with E-state index in [1.165, 1.54) is 0 Å². The van der Waals surface area contributed by atoms with Crippen LogP contribution in [-0.2, 0) is 37.5 Å². The summed E-state index contributed by atoms with van der Waals surface area (Å²) in [6, 6.07) is 0.299. The van der Waals surface area contributed by atoms with Crippen molar-refractivity contribution < 1.29 is 37.5 Å². The molecule has 10 heavy (non-hydrogen) atoms. The van der Waals surface area contributed by atoms with Crippen LogP contribution in [0.15, 0.2) is 0 Å². The van der Waals surface area contributed by atoms with Crippen LogP contribution in [0.4, 0.5) is 0 Å². The number of nitrogens with zero attached hydrogens (tertiary/aromatic N) is 1. The fourth-order valence-electron chi connectivity index (χ4n) is 0.707. The molecule has 57 valence electrons. The van der Waals surface area contributed by atoms with Gasteiger partial charge in [-0.05, 0) is 6.42 Å². The smallest absolute Gasteiger partial charge is 0.0512 e. The van der Waals surface area contributed by atoms with Gasteiger partial charge < -0.3 is 10.1 Å². The van der Waals surface area contributed by atoms with Crippen molar-refractivity contribution in [1.29, 1.82) is 0 Å². The average Bonchev–Trinajstić information content (AvgIpc) is 2.20. The summed E-state index contributed by atoms with van der Waals surface area (Å²) in [5, 5.41) is 3.75. The molecule has 0 aromatic heterocycles. The van der Waals surface area contributed by atoms with Crippen molar-refractivity contribution in [3.05, 3.63) is 5.32 Å². The molecular weight excluding hydrogens is 203 g/mol. The first-order valence-electron chi connectivity index (χ1n) is 3.53. The van der Waals surface area contributed by atoms with E-state index in [4.69, 9.17) is 0 Å². The molecule has 2 nitrogen and oxygen atoms in total. The Bertz CT molecular complexity index is 95.6. The zero-order valence-corrected chi connectivity index (χ0v) is 9.76. The number of amides is 1. The van der Waals surface area contributed by atoms with Crippen molar-refractivity contribution in [2.24, 2.45) is 0 Å². The SMILES string of the molecule is CC.CC1CCC(=O)[N-]1.[Y]. The molecule has 0 aromatic rings. The second-order valence-electron chi connectivity index (χ2n) is 1.91. The van der Waals surface area contributed by atoms with Gasteiger partial charge in [-0.1, -0.05) is 27.2 Å². The Morgan fingerprint density at radius 2 is 2.00 bits per heavy atom. The van der Waals surface area contributed by atoms with Crippen LogP contribution < -0.4 is 0 Å². The number of carbonyl (C=O) groups is 1. The fourth-order valence-corrected chi connectivity index (χ4v) is 0.707. The summed E-state index contributed by atoms with van der Waals surface area (Å²) in [6.45, 7) is 5.96. The second-order valence-corrected chi connectivity index (χ2v) is 1.91. The third-order valence-corrected chi connectivity index (χ3v) is 1.14. The van der Waals surface area contributed by atoms with E-state index in [0.29, 0.717) is 12.5 Å². The largest absolute Gasteiger partial charge is 0.651 e. The van der Waals surface area contributed by atoms with Crippen LogP contribution >= 0.6 is 0 Å². The van der Waals surface area contributed by atoms with Gasteiger partial charge in [0.25, 0.3) is 0 Å². The quantitative estimate of drug-likeness (QED) is 0.611. The van der Waals surface area contributed by atoms with E-state index < -0.39 is 0 Å². The normalized spacial score (nSPS) is 21.9. The first-order chi connectivity index (χ1) is 4.29. The van der Waals surface area contributed by atoms with E-state index in [1.54, 1.807) is 0 Å². The van der Waals surface area contributed by atoms with Gasteiger partial charge in [0.1, 0.15) is 0 Å². The summed E-state index contributed by atoms with van der Waals surface area (Å²) in [7, 11) is 0. The van der Waals surface area contributed by atoms with Gasteiger partial charge in [0.05, 0.1) is 5.91 Å². The third-order valence-electron chi connectivity index (χ3n) is 1.14. The zero-order chi connectivity index (χ0) is 7.28. The Labute approximate surface area is 88.0 Å². The van der Waals surface area contributed by atoms with Crippen LogP contribution in [0.2, 0.25) is 0 Å². The maximum atomic E-state index is 10.3. The van der Waals surface area contributed by atoms with E-state index >= 15 is 0 Å². The van der Waals surface area contributed by atoms with Crippen molar-refractivity contribution in [3.8, 4) is 0 Å². The third kappa shape index (κ3) is 5.37.